The fourth-order valence-electron chi connectivity index (χ4n) is 3.65. The molecule has 0 aliphatic carbocycles. The van der Waals surface area contributed by atoms with E-state index in [2.05, 4.69) is 0 Å². The first-order valence-corrected chi connectivity index (χ1v) is 14.5. The number of urea groups is 1. The summed E-state index contributed by atoms with van der Waals surface area (Å²) in [6, 6.07) is 21.7. The average Bonchev–Trinajstić information content (AvgIpc) is 2.86. The molecular formula is C28H26N2O7S2. The summed E-state index contributed by atoms with van der Waals surface area (Å²) in [6.45, 7) is 5.32. The van der Waals surface area contributed by atoms with E-state index in [0.717, 1.165) is 16.0 Å². The number of nitrogens with two attached hydrogens (primary N) is 1. The van der Waals surface area contributed by atoms with Crippen LogP contribution < -0.4 is 19.0 Å². The van der Waals surface area contributed by atoms with Crippen LogP contribution in [0, 0.1) is 20.8 Å². The largest absolute Gasteiger partial charge is 0.379 e. The number of hydrogen-bond donors (Lipinski definition) is 1. The predicted octanol–water partition coefficient (Wildman–Crippen LogP) is 5.36. The molecule has 9 nitrogen and oxygen atoms in total. The van der Waals surface area contributed by atoms with E-state index in [1.54, 1.807) is 43.3 Å². The molecule has 0 saturated carbocycles. The summed E-state index contributed by atoms with van der Waals surface area (Å²) >= 11 is 0. The topological polar surface area (TPSA) is 133 Å². The Hall–Kier alpha value is -4.35. The second-order valence-electron chi connectivity index (χ2n) is 8.82. The number of anilines is 2. The summed E-state index contributed by atoms with van der Waals surface area (Å²) in [5.41, 5.74) is 8.34. The number of amides is 2. The fourth-order valence-corrected chi connectivity index (χ4v) is 5.55. The van der Waals surface area contributed by atoms with Gasteiger partial charge in [-0.2, -0.15) is 16.8 Å². The lowest BCUT2D eigenvalue weighted by molar-refractivity contribution is 0.256. The Morgan fingerprint density at radius 3 is 1.72 bits per heavy atom. The molecule has 0 saturated heterocycles. The Balaban J connectivity index is 1.66. The Kier molecular flexibility index (Phi) is 7.66. The van der Waals surface area contributed by atoms with Gasteiger partial charge in [-0.05, 0) is 68.8 Å². The highest BCUT2D eigenvalue weighted by Gasteiger charge is 2.22. The van der Waals surface area contributed by atoms with Crippen LogP contribution in [-0.4, -0.2) is 22.9 Å². The third-order valence-corrected chi connectivity index (χ3v) is 8.26. The minimum absolute atomic E-state index is 0.00585. The number of nitrogens with zero attached hydrogens (tertiary/aromatic N) is 1. The van der Waals surface area contributed by atoms with Gasteiger partial charge in [-0.25, -0.2) is 4.79 Å². The van der Waals surface area contributed by atoms with Gasteiger partial charge in [-0.15, -0.1) is 0 Å². The second-order valence-corrected chi connectivity index (χ2v) is 11.9. The third-order valence-electron chi connectivity index (χ3n) is 5.75. The molecule has 0 aromatic heterocycles. The highest BCUT2D eigenvalue weighted by atomic mass is 32.2. The molecule has 4 aromatic rings. The van der Waals surface area contributed by atoms with Crippen molar-refractivity contribution >= 4 is 37.6 Å². The maximum absolute atomic E-state index is 12.9. The lowest BCUT2D eigenvalue weighted by Gasteiger charge is -2.22. The summed E-state index contributed by atoms with van der Waals surface area (Å²) in [7, 11) is -8.30. The van der Waals surface area contributed by atoms with Gasteiger partial charge in [0, 0.05) is 12.1 Å². The number of primary amides is 1. The zero-order valence-electron chi connectivity index (χ0n) is 21.4. The van der Waals surface area contributed by atoms with Gasteiger partial charge in [0.1, 0.15) is 21.3 Å². The minimum Gasteiger partial charge on any atom is -0.379 e. The molecule has 0 spiro atoms. The molecule has 2 amide bonds. The average molecular weight is 567 g/mol. The van der Waals surface area contributed by atoms with Crippen molar-refractivity contribution in [2.45, 2.75) is 30.6 Å². The van der Waals surface area contributed by atoms with Crippen LogP contribution in [0.5, 0.6) is 11.5 Å². The van der Waals surface area contributed by atoms with Crippen LogP contribution in [-0.2, 0) is 20.2 Å². The molecule has 4 rings (SSSR count). The maximum Gasteiger partial charge on any atom is 0.339 e. The molecular weight excluding hydrogens is 540 g/mol. The first-order chi connectivity index (χ1) is 18.4. The summed E-state index contributed by atoms with van der Waals surface area (Å²) in [6.07, 6.45) is 0. The van der Waals surface area contributed by atoms with Crippen LogP contribution in [0.4, 0.5) is 16.2 Å². The number of aryl methyl sites for hydroxylation is 3. The molecule has 39 heavy (non-hydrogen) atoms. The van der Waals surface area contributed by atoms with Crippen molar-refractivity contribution < 1.29 is 30.0 Å². The quantitative estimate of drug-likeness (QED) is 0.284. The van der Waals surface area contributed by atoms with E-state index < -0.39 is 26.3 Å². The maximum atomic E-state index is 12.9. The van der Waals surface area contributed by atoms with Crippen molar-refractivity contribution in [1.82, 2.24) is 0 Å². The Morgan fingerprint density at radius 1 is 0.667 bits per heavy atom. The molecule has 0 bridgehead atoms. The van der Waals surface area contributed by atoms with Crippen LogP contribution in [0.15, 0.2) is 101 Å². The lowest BCUT2D eigenvalue weighted by Crippen LogP contribution is -2.31. The first-order valence-electron chi connectivity index (χ1n) is 11.7. The molecule has 202 valence electrons. The molecule has 0 fully saturated rings. The van der Waals surface area contributed by atoms with Crippen LogP contribution in [0.1, 0.15) is 16.7 Å². The number of rotatable bonds is 8. The van der Waals surface area contributed by atoms with Gasteiger partial charge < -0.3 is 14.1 Å². The Bertz CT molecular complexity index is 1730. The molecule has 0 radical (unpaired) electrons. The third kappa shape index (κ3) is 6.39. The summed E-state index contributed by atoms with van der Waals surface area (Å²) < 4.78 is 61.9. The number of carbonyl (C=O) groups is 1. The van der Waals surface area contributed by atoms with Crippen molar-refractivity contribution in [3.63, 3.8) is 0 Å². The van der Waals surface area contributed by atoms with Gasteiger partial charge >= 0.3 is 26.3 Å². The van der Waals surface area contributed by atoms with Crippen LogP contribution >= 0.6 is 0 Å². The number of hydrogen-bond acceptors (Lipinski definition) is 7. The highest BCUT2D eigenvalue weighted by Crippen LogP contribution is 2.34. The zero-order chi connectivity index (χ0) is 28.4. The molecule has 11 heteroatoms. The van der Waals surface area contributed by atoms with Crippen molar-refractivity contribution in [3.05, 3.63) is 108 Å². The van der Waals surface area contributed by atoms with Gasteiger partial charge in [0.25, 0.3) is 0 Å². The van der Waals surface area contributed by atoms with E-state index >= 15 is 0 Å². The van der Waals surface area contributed by atoms with Gasteiger partial charge in [0.15, 0.2) is 0 Å². The van der Waals surface area contributed by atoms with Crippen molar-refractivity contribution in [2.24, 2.45) is 5.73 Å². The first kappa shape index (κ1) is 27.7. The Labute approximate surface area is 227 Å². The monoisotopic (exact) mass is 566 g/mol. The van der Waals surface area contributed by atoms with E-state index in [1.165, 1.54) is 54.6 Å². The minimum atomic E-state index is -4.16. The van der Waals surface area contributed by atoms with Crippen molar-refractivity contribution in [1.29, 1.82) is 0 Å². The molecule has 2 N–H and O–H groups in total. The smallest absolute Gasteiger partial charge is 0.339 e. The van der Waals surface area contributed by atoms with E-state index in [4.69, 9.17) is 14.1 Å². The fraction of sp³-hybridized carbons (Fsp3) is 0.107. The highest BCUT2D eigenvalue weighted by molar-refractivity contribution is 7.87. The molecule has 0 aliphatic heterocycles. The zero-order valence-corrected chi connectivity index (χ0v) is 23.0. The van der Waals surface area contributed by atoms with Gasteiger partial charge in [-0.1, -0.05) is 47.5 Å². The van der Waals surface area contributed by atoms with Crippen molar-refractivity contribution in [2.75, 3.05) is 4.90 Å². The van der Waals surface area contributed by atoms with Crippen LogP contribution in [0.25, 0.3) is 0 Å². The molecule has 0 heterocycles. The van der Waals surface area contributed by atoms with Gasteiger partial charge in [-0.3, -0.25) is 4.90 Å². The Morgan fingerprint density at radius 2 is 1.18 bits per heavy atom. The van der Waals surface area contributed by atoms with Crippen LogP contribution in [0.3, 0.4) is 0 Å². The van der Waals surface area contributed by atoms with E-state index in [1.807, 2.05) is 13.8 Å². The molecule has 0 unspecified atom stereocenters. The number of carbonyl (C=O) groups excluding carboxylic acids is 1. The van der Waals surface area contributed by atoms with Gasteiger partial charge in [0.05, 0.1) is 11.4 Å². The lowest BCUT2D eigenvalue weighted by atomic mass is 10.1. The normalized spacial score (nSPS) is 11.6. The van der Waals surface area contributed by atoms with Crippen LogP contribution in [0.2, 0.25) is 0 Å². The van der Waals surface area contributed by atoms with E-state index in [9.17, 15) is 21.6 Å². The van der Waals surface area contributed by atoms with E-state index in [-0.39, 0.29) is 32.7 Å². The summed E-state index contributed by atoms with van der Waals surface area (Å²) in [5.74, 6) is -0.0569. The number of benzene rings is 4. The van der Waals surface area contributed by atoms with E-state index in [0.29, 0.717) is 5.56 Å². The standard InChI is InChI=1S/C28H26N2O7S2/c1-19-7-13-25(14-8-19)38(32,33)36-24-6-4-5-22(17-24)30(28(29)31)23-12-11-21(3)27(18-23)37-39(34,35)26-15-9-20(2)10-16-26/h4-18H,1-3H3,(H2,29,31). The molecule has 4 aromatic carbocycles. The summed E-state index contributed by atoms with van der Waals surface area (Å²) in [4.78, 5) is 13.5. The van der Waals surface area contributed by atoms with Gasteiger partial charge in [0.2, 0.25) is 0 Å². The summed E-state index contributed by atoms with van der Waals surface area (Å²) in [5, 5.41) is 0. The SMILES string of the molecule is Cc1ccc(S(=O)(=O)Oc2cccc(N(C(N)=O)c3ccc(C)c(OS(=O)(=O)c4ccc(C)cc4)c3)c2)cc1. The molecule has 0 atom stereocenters. The van der Waals surface area contributed by atoms with Crippen molar-refractivity contribution in [3.8, 4) is 11.5 Å². The predicted molar refractivity (Wildman–Crippen MR) is 147 cm³/mol. The molecule has 0 aliphatic rings. The second kappa shape index (κ2) is 10.8.